The topological polar surface area (TPSA) is 76.4 Å². The number of anilines is 1. The molecule has 2 heterocycles. The van der Waals surface area contributed by atoms with Crippen LogP contribution in [0.3, 0.4) is 0 Å². The van der Waals surface area contributed by atoms with E-state index in [1.807, 2.05) is 6.92 Å². The van der Waals surface area contributed by atoms with Gasteiger partial charge in [-0.15, -0.1) is 0 Å². The summed E-state index contributed by atoms with van der Waals surface area (Å²) >= 11 is 0. The molecule has 0 fully saturated rings. The minimum absolute atomic E-state index is 0.397. The summed E-state index contributed by atoms with van der Waals surface area (Å²) in [5.41, 5.74) is 7.39. The smallest absolute Gasteiger partial charge is 0.225 e. The summed E-state index contributed by atoms with van der Waals surface area (Å²) in [5.74, 6) is 1.37. The zero-order valence-corrected chi connectivity index (χ0v) is 7.50. The molecule has 1 aliphatic rings. The second kappa shape index (κ2) is 3.08. The predicted octanol–water partition coefficient (Wildman–Crippen LogP) is 0.109. The lowest BCUT2D eigenvalue weighted by molar-refractivity contribution is 0.431. The summed E-state index contributed by atoms with van der Waals surface area (Å²) < 4.78 is 4.85. The number of hydrogen-bond donors (Lipinski definition) is 2. The van der Waals surface area contributed by atoms with Crippen molar-refractivity contribution in [3.63, 3.8) is 0 Å². The van der Waals surface area contributed by atoms with E-state index >= 15 is 0 Å². The van der Waals surface area contributed by atoms with Crippen LogP contribution in [-0.2, 0) is 6.42 Å². The van der Waals surface area contributed by atoms with Crippen molar-refractivity contribution in [2.24, 2.45) is 4.99 Å². The molecule has 1 aliphatic heterocycles. The van der Waals surface area contributed by atoms with Gasteiger partial charge < -0.3 is 15.6 Å². The summed E-state index contributed by atoms with van der Waals surface area (Å²) in [4.78, 5) is 4.27. The highest BCUT2D eigenvalue weighted by Gasteiger charge is 2.14. The van der Waals surface area contributed by atoms with Gasteiger partial charge in [0.05, 0.1) is 12.2 Å². The van der Waals surface area contributed by atoms with Gasteiger partial charge in [0, 0.05) is 18.5 Å². The molecule has 0 aromatic carbocycles. The second-order valence-corrected chi connectivity index (χ2v) is 3.04. The molecule has 2 rings (SSSR count). The average molecular weight is 180 g/mol. The van der Waals surface area contributed by atoms with Crippen LogP contribution in [0.2, 0.25) is 0 Å². The van der Waals surface area contributed by atoms with Gasteiger partial charge in [0.15, 0.2) is 0 Å². The summed E-state index contributed by atoms with van der Waals surface area (Å²) in [6, 6.07) is 0. The Kier molecular flexibility index (Phi) is 1.92. The van der Waals surface area contributed by atoms with Crippen LogP contribution in [-0.4, -0.2) is 24.1 Å². The van der Waals surface area contributed by atoms with E-state index in [9.17, 15) is 0 Å². The molecule has 1 aromatic rings. The number of nitrogen functional groups attached to an aromatic ring is 1. The molecule has 0 saturated carbocycles. The maximum absolute atomic E-state index is 5.61. The van der Waals surface area contributed by atoms with Gasteiger partial charge in [0.2, 0.25) is 5.88 Å². The third-order valence-electron chi connectivity index (χ3n) is 2.10. The molecular weight excluding hydrogens is 168 g/mol. The van der Waals surface area contributed by atoms with Crippen LogP contribution in [0.15, 0.2) is 9.52 Å². The molecule has 0 unspecified atom stereocenters. The summed E-state index contributed by atoms with van der Waals surface area (Å²) in [6.07, 6.45) is 0.696. The Balaban J connectivity index is 2.16. The fourth-order valence-corrected chi connectivity index (χ4v) is 1.35. The Hall–Kier alpha value is -1.52. The zero-order valence-electron chi connectivity index (χ0n) is 7.50. The SMILES string of the molecule is Cc1noc(N)c1CC1=NCCN1. The van der Waals surface area contributed by atoms with Crippen LogP contribution in [0.1, 0.15) is 11.3 Å². The molecule has 0 atom stereocenters. The van der Waals surface area contributed by atoms with Gasteiger partial charge in [-0.3, -0.25) is 4.99 Å². The van der Waals surface area contributed by atoms with E-state index in [2.05, 4.69) is 15.5 Å². The van der Waals surface area contributed by atoms with Crippen molar-refractivity contribution < 1.29 is 4.52 Å². The van der Waals surface area contributed by atoms with Crippen LogP contribution in [0.4, 0.5) is 5.88 Å². The highest BCUT2D eigenvalue weighted by molar-refractivity contribution is 5.86. The standard InChI is InChI=1S/C8H12N4O/c1-5-6(8(9)13-12-5)4-7-10-2-3-11-7/h2-4,9H2,1H3,(H,10,11). The van der Waals surface area contributed by atoms with Gasteiger partial charge >= 0.3 is 0 Å². The Morgan fingerprint density at radius 2 is 2.46 bits per heavy atom. The molecule has 0 saturated heterocycles. The minimum Gasteiger partial charge on any atom is -0.372 e. The maximum atomic E-state index is 5.61. The normalized spacial score (nSPS) is 15.6. The maximum Gasteiger partial charge on any atom is 0.225 e. The number of aryl methyl sites for hydroxylation is 1. The fourth-order valence-electron chi connectivity index (χ4n) is 1.35. The van der Waals surface area contributed by atoms with Crippen molar-refractivity contribution in [2.45, 2.75) is 13.3 Å². The molecule has 70 valence electrons. The van der Waals surface area contributed by atoms with E-state index in [4.69, 9.17) is 10.3 Å². The molecule has 5 heteroatoms. The number of nitrogens with zero attached hydrogens (tertiary/aromatic N) is 2. The number of nitrogens with one attached hydrogen (secondary N) is 1. The number of nitrogens with two attached hydrogens (primary N) is 1. The third kappa shape index (κ3) is 1.49. The number of aromatic nitrogens is 1. The molecule has 0 amide bonds. The van der Waals surface area contributed by atoms with Gasteiger partial charge in [-0.25, -0.2) is 0 Å². The Bertz CT molecular complexity index is 322. The number of rotatable bonds is 2. The van der Waals surface area contributed by atoms with Crippen molar-refractivity contribution in [1.82, 2.24) is 10.5 Å². The van der Waals surface area contributed by atoms with E-state index in [1.54, 1.807) is 0 Å². The first-order valence-electron chi connectivity index (χ1n) is 4.25. The molecule has 3 N–H and O–H groups in total. The zero-order chi connectivity index (χ0) is 9.26. The summed E-state index contributed by atoms with van der Waals surface area (Å²) in [7, 11) is 0. The molecular formula is C8H12N4O. The van der Waals surface area contributed by atoms with Crippen molar-refractivity contribution in [1.29, 1.82) is 0 Å². The van der Waals surface area contributed by atoms with Gasteiger partial charge in [0.1, 0.15) is 5.84 Å². The summed E-state index contributed by atoms with van der Waals surface area (Å²) in [5, 5.41) is 6.95. The fraction of sp³-hybridized carbons (Fsp3) is 0.500. The van der Waals surface area contributed by atoms with Gasteiger partial charge in [-0.1, -0.05) is 5.16 Å². The van der Waals surface area contributed by atoms with Gasteiger partial charge in [-0.05, 0) is 6.92 Å². The Morgan fingerprint density at radius 1 is 1.62 bits per heavy atom. The Labute approximate surface area is 76.0 Å². The van der Waals surface area contributed by atoms with E-state index in [-0.39, 0.29) is 0 Å². The highest BCUT2D eigenvalue weighted by Crippen LogP contribution is 2.16. The molecule has 0 bridgehead atoms. The van der Waals surface area contributed by atoms with E-state index in [0.29, 0.717) is 12.3 Å². The molecule has 0 spiro atoms. The van der Waals surface area contributed by atoms with Crippen LogP contribution in [0.5, 0.6) is 0 Å². The lowest BCUT2D eigenvalue weighted by Gasteiger charge is -2.00. The minimum atomic E-state index is 0.397. The first-order valence-corrected chi connectivity index (χ1v) is 4.25. The first-order chi connectivity index (χ1) is 6.27. The number of hydrogen-bond acceptors (Lipinski definition) is 5. The van der Waals surface area contributed by atoms with E-state index in [1.165, 1.54) is 0 Å². The molecule has 1 aromatic heterocycles. The van der Waals surface area contributed by atoms with Crippen LogP contribution >= 0.6 is 0 Å². The van der Waals surface area contributed by atoms with E-state index < -0.39 is 0 Å². The predicted molar refractivity (Wildman–Crippen MR) is 49.7 cm³/mol. The van der Waals surface area contributed by atoms with Crippen molar-refractivity contribution in [2.75, 3.05) is 18.8 Å². The highest BCUT2D eigenvalue weighted by atomic mass is 16.5. The average Bonchev–Trinajstić information content (AvgIpc) is 2.70. The van der Waals surface area contributed by atoms with Crippen molar-refractivity contribution in [3.05, 3.63) is 11.3 Å². The van der Waals surface area contributed by atoms with Crippen LogP contribution < -0.4 is 11.1 Å². The lowest BCUT2D eigenvalue weighted by Crippen LogP contribution is -2.21. The number of amidine groups is 1. The first kappa shape index (κ1) is 8.10. The van der Waals surface area contributed by atoms with Crippen molar-refractivity contribution >= 4 is 11.7 Å². The van der Waals surface area contributed by atoms with Crippen LogP contribution in [0, 0.1) is 6.92 Å². The Morgan fingerprint density at radius 3 is 3.00 bits per heavy atom. The van der Waals surface area contributed by atoms with Crippen LogP contribution in [0.25, 0.3) is 0 Å². The van der Waals surface area contributed by atoms with Gasteiger partial charge in [-0.2, -0.15) is 0 Å². The third-order valence-corrected chi connectivity index (χ3v) is 2.10. The summed E-state index contributed by atoms with van der Waals surface area (Å²) in [6.45, 7) is 3.64. The lowest BCUT2D eigenvalue weighted by atomic mass is 10.1. The second-order valence-electron chi connectivity index (χ2n) is 3.04. The largest absolute Gasteiger partial charge is 0.372 e. The van der Waals surface area contributed by atoms with E-state index in [0.717, 1.165) is 30.2 Å². The molecule has 13 heavy (non-hydrogen) atoms. The number of aliphatic imine (C=N–C) groups is 1. The molecule has 5 nitrogen and oxygen atoms in total. The quantitative estimate of drug-likeness (QED) is 0.677. The molecule has 0 radical (unpaired) electrons. The monoisotopic (exact) mass is 180 g/mol. The van der Waals surface area contributed by atoms with Crippen molar-refractivity contribution in [3.8, 4) is 0 Å². The van der Waals surface area contributed by atoms with Gasteiger partial charge in [0.25, 0.3) is 0 Å². The molecule has 0 aliphatic carbocycles.